The highest BCUT2D eigenvalue weighted by Gasteiger charge is 1.98. The van der Waals surface area contributed by atoms with Crippen LogP contribution >= 0.6 is 11.8 Å². The van der Waals surface area contributed by atoms with Gasteiger partial charge in [0.05, 0.1) is 0 Å². The second kappa shape index (κ2) is 7.13. The minimum absolute atomic E-state index is 0.295. The standard InChI is InChI=1S/C8H15OS/c1-3-5-6-7-8(9)10-4-2/h2-7H2,1H3. The zero-order valence-corrected chi connectivity index (χ0v) is 7.38. The van der Waals surface area contributed by atoms with E-state index in [9.17, 15) is 4.79 Å². The van der Waals surface area contributed by atoms with Gasteiger partial charge in [0, 0.05) is 12.2 Å². The average Bonchev–Trinajstić information content (AvgIpc) is 1.89. The molecule has 0 heterocycles. The van der Waals surface area contributed by atoms with Crippen molar-refractivity contribution in [2.45, 2.75) is 32.6 Å². The van der Waals surface area contributed by atoms with Crippen molar-refractivity contribution in [1.82, 2.24) is 0 Å². The van der Waals surface area contributed by atoms with Gasteiger partial charge in [0.1, 0.15) is 0 Å². The Balaban J connectivity index is 3.05. The highest BCUT2D eigenvalue weighted by Crippen LogP contribution is 2.08. The van der Waals surface area contributed by atoms with Crippen LogP contribution in [0.1, 0.15) is 32.6 Å². The molecule has 0 aliphatic rings. The highest BCUT2D eigenvalue weighted by atomic mass is 32.2. The fourth-order valence-corrected chi connectivity index (χ4v) is 1.22. The molecule has 0 atom stereocenters. The predicted molar refractivity (Wildman–Crippen MR) is 47.0 cm³/mol. The lowest BCUT2D eigenvalue weighted by molar-refractivity contribution is -0.111. The molecular formula is C8H15OS. The van der Waals surface area contributed by atoms with Gasteiger partial charge in [0.25, 0.3) is 0 Å². The second-order valence-electron chi connectivity index (χ2n) is 2.18. The minimum atomic E-state index is 0.295. The van der Waals surface area contributed by atoms with Crippen LogP contribution < -0.4 is 0 Å². The Bertz CT molecular complexity index is 91.3. The van der Waals surface area contributed by atoms with Gasteiger partial charge in [-0.3, -0.25) is 4.79 Å². The fraction of sp³-hybridized carbons (Fsp3) is 0.750. The first-order valence-electron chi connectivity index (χ1n) is 3.76. The van der Waals surface area contributed by atoms with E-state index in [0.717, 1.165) is 12.8 Å². The van der Waals surface area contributed by atoms with Gasteiger partial charge in [0.2, 0.25) is 0 Å². The lowest BCUT2D eigenvalue weighted by Crippen LogP contribution is -1.91. The van der Waals surface area contributed by atoms with E-state index in [1.807, 2.05) is 0 Å². The zero-order chi connectivity index (χ0) is 7.82. The second-order valence-corrected chi connectivity index (χ2v) is 3.33. The molecule has 59 valence electrons. The molecule has 0 unspecified atom stereocenters. The number of hydrogen-bond donors (Lipinski definition) is 0. The lowest BCUT2D eigenvalue weighted by Gasteiger charge is -1.95. The van der Waals surface area contributed by atoms with E-state index in [0.29, 0.717) is 10.9 Å². The number of rotatable bonds is 5. The monoisotopic (exact) mass is 159 g/mol. The van der Waals surface area contributed by atoms with E-state index in [2.05, 4.69) is 13.8 Å². The van der Waals surface area contributed by atoms with Gasteiger partial charge in [0.15, 0.2) is 5.12 Å². The van der Waals surface area contributed by atoms with E-state index in [1.165, 1.54) is 24.6 Å². The number of unbranched alkanes of at least 4 members (excludes halogenated alkanes) is 2. The maximum absolute atomic E-state index is 10.8. The van der Waals surface area contributed by atoms with Crippen molar-refractivity contribution >= 4 is 16.9 Å². The number of hydrogen-bond acceptors (Lipinski definition) is 2. The molecule has 0 aromatic heterocycles. The molecule has 0 aromatic carbocycles. The van der Waals surface area contributed by atoms with Crippen LogP contribution in [0.2, 0.25) is 0 Å². The maximum atomic E-state index is 10.8. The smallest absolute Gasteiger partial charge is 0.188 e. The summed E-state index contributed by atoms with van der Waals surface area (Å²) in [5.74, 6) is 0.672. The van der Waals surface area contributed by atoms with Gasteiger partial charge in [-0.05, 0) is 13.3 Å². The van der Waals surface area contributed by atoms with Crippen molar-refractivity contribution in [3.05, 3.63) is 6.92 Å². The van der Waals surface area contributed by atoms with Gasteiger partial charge >= 0.3 is 0 Å². The largest absolute Gasteiger partial charge is 0.287 e. The first-order chi connectivity index (χ1) is 4.81. The molecule has 0 N–H and O–H groups in total. The summed E-state index contributed by atoms with van der Waals surface area (Å²) in [6, 6.07) is 0. The first kappa shape index (κ1) is 10.0. The molecular weight excluding hydrogens is 144 g/mol. The average molecular weight is 159 g/mol. The van der Waals surface area contributed by atoms with E-state index in [-0.39, 0.29) is 0 Å². The summed E-state index contributed by atoms with van der Waals surface area (Å²) in [5.41, 5.74) is 0. The van der Waals surface area contributed by atoms with E-state index >= 15 is 0 Å². The summed E-state index contributed by atoms with van der Waals surface area (Å²) in [4.78, 5) is 10.8. The quantitative estimate of drug-likeness (QED) is 0.574. The summed E-state index contributed by atoms with van der Waals surface area (Å²) >= 11 is 1.33. The van der Waals surface area contributed by atoms with Crippen molar-refractivity contribution in [1.29, 1.82) is 0 Å². The SMILES string of the molecule is [CH2]CSC(=O)CCCCC. The van der Waals surface area contributed by atoms with E-state index in [4.69, 9.17) is 0 Å². The van der Waals surface area contributed by atoms with Gasteiger partial charge in [-0.25, -0.2) is 0 Å². The Morgan fingerprint density at radius 1 is 1.50 bits per heavy atom. The lowest BCUT2D eigenvalue weighted by atomic mass is 10.2. The van der Waals surface area contributed by atoms with Crippen molar-refractivity contribution < 1.29 is 4.79 Å². The third-order valence-corrected chi connectivity index (χ3v) is 1.98. The topological polar surface area (TPSA) is 17.1 Å². The van der Waals surface area contributed by atoms with Gasteiger partial charge in [-0.1, -0.05) is 31.5 Å². The van der Waals surface area contributed by atoms with Crippen LogP contribution in [0, 0.1) is 6.92 Å². The van der Waals surface area contributed by atoms with Crippen molar-refractivity contribution in [2.75, 3.05) is 5.75 Å². The van der Waals surface area contributed by atoms with Crippen LogP contribution in [0.15, 0.2) is 0 Å². The van der Waals surface area contributed by atoms with Crippen LogP contribution in [0.3, 0.4) is 0 Å². The number of carbonyl (C=O) groups excluding carboxylic acids is 1. The van der Waals surface area contributed by atoms with Crippen molar-refractivity contribution in [2.24, 2.45) is 0 Å². The first-order valence-corrected chi connectivity index (χ1v) is 4.74. The van der Waals surface area contributed by atoms with Crippen molar-refractivity contribution in [3.8, 4) is 0 Å². The van der Waals surface area contributed by atoms with E-state index < -0.39 is 0 Å². The van der Waals surface area contributed by atoms with E-state index in [1.54, 1.807) is 0 Å². The molecule has 0 aromatic rings. The van der Waals surface area contributed by atoms with Crippen molar-refractivity contribution in [3.63, 3.8) is 0 Å². The van der Waals surface area contributed by atoms with Crippen LogP contribution in [-0.4, -0.2) is 10.9 Å². The van der Waals surface area contributed by atoms with Crippen LogP contribution in [-0.2, 0) is 4.79 Å². The Kier molecular flexibility index (Phi) is 7.15. The molecule has 0 rings (SSSR count). The molecule has 0 saturated heterocycles. The molecule has 0 aliphatic heterocycles. The third-order valence-electron chi connectivity index (χ3n) is 1.25. The molecule has 0 amide bonds. The maximum Gasteiger partial charge on any atom is 0.188 e. The van der Waals surface area contributed by atoms with Crippen LogP contribution in [0.25, 0.3) is 0 Å². The Morgan fingerprint density at radius 3 is 2.70 bits per heavy atom. The summed E-state index contributed by atoms with van der Waals surface area (Å²) in [6.45, 7) is 5.73. The third kappa shape index (κ3) is 6.14. The van der Waals surface area contributed by atoms with Gasteiger partial charge < -0.3 is 0 Å². The number of thioether (sulfide) groups is 1. The Labute approximate surface area is 67.6 Å². The molecule has 1 radical (unpaired) electrons. The molecule has 0 aliphatic carbocycles. The fourth-order valence-electron chi connectivity index (χ4n) is 0.705. The van der Waals surface area contributed by atoms with Gasteiger partial charge in [-0.15, -0.1) is 0 Å². The summed E-state index contributed by atoms with van der Waals surface area (Å²) in [6.07, 6.45) is 4.13. The molecule has 1 nitrogen and oxygen atoms in total. The van der Waals surface area contributed by atoms with Gasteiger partial charge in [-0.2, -0.15) is 0 Å². The Hall–Kier alpha value is 0.0200. The number of carbonyl (C=O) groups is 1. The Morgan fingerprint density at radius 2 is 2.20 bits per heavy atom. The molecule has 2 heteroatoms. The highest BCUT2D eigenvalue weighted by molar-refractivity contribution is 8.13. The predicted octanol–water partition coefficient (Wildman–Crippen LogP) is 2.66. The van der Waals surface area contributed by atoms with Crippen LogP contribution in [0.5, 0.6) is 0 Å². The summed E-state index contributed by atoms with van der Waals surface area (Å²) < 4.78 is 0. The minimum Gasteiger partial charge on any atom is -0.287 e. The normalized spacial score (nSPS) is 9.80. The molecule has 0 fully saturated rings. The summed E-state index contributed by atoms with van der Waals surface area (Å²) in [5, 5.41) is 0.295. The molecule has 0 saturated carbocycles. The van der Waals surface area contributed by atoms with Crippen LogP contribution in [0.4, 0.5) is 0 Å². The summed E-state index contributed by atoms with van der Waals surface area (Å²) in [7, 11) is 0. The zero-order valence-electron chi connectivity index (χ0n) is 6.56. The molecule has 0 spiro atoms. The molecule has 0 bridgehead atoms. The molecule has 10 heavy (non-hydrogen) atoms.